The standard InChI is InChI=1S/C8H16N2O2/c9-6-8(10-7(11)12)4-2-1-3-5-8/h10H,1-6,9H2,(H,11,12). The Morgan fingerprint density at radius 2 is 2.00 bits per heavy atom. The number of amides is 1. The molecule has 0 aromatic heterocycles. The molecule has 0 heterocycles. The van der Waals surface area contributed by atoms with E-state index in [2.05, 4.69) is 5.32 Å². The topological polar surface area (TPSA) is 75.3 Å². The van der Waals surface area contributed by atoms with Gasteiger partial charge in [-0.25, -0.2) is 4.79 Å². The van der Waals surface area contributed by atoms with Crippen molar-refractivity contribution in [2.24, 2.45) is 5.73 Å². The van der Waals surface area contributed by atoms with Gasteiger partial charge in [0, 0.05) is 6.54 Å². The van der Waals surface area contributed by atoms with Crippen molar-refractivity contribution in [3.05, 3.63) is 0 Å². The monoisotopic (exact) mass is 172 g/mol. The van der Waals surface area contributed by atoms with Gasteiger partial charge in [0.05, 0.1) is 5.54 Å². The lowest BCUT2D eigenvalue weighted by Gasteiger charge is -2.35. The largest absolute Gasteiger partial charge is 0.465 e. The summed E-state index contributed by atoms with van der Waals surface area (Å²) >= 11 is 0. The first-order valence-corrected chi connectivity index (χ1v) is 4.40. The Hall–Kier alpha value is -0.770. The second kappa shape index (κ2) is 3.76. The predicted octanol–water partition coefficient (Wildman–Crippen LogP) is 0.916. The summed E-state index contributed by atoms with van der Waals surface area (Å²) in [7, 11) is 0. The fraction of sp³-hybridized carbons (Fsp3) is 0.875. The predicted molar refractivity (Wildman–Crippen MR) is 46.0 cm³/mol. The van der Waals surface area contributed by atoms with Crippen LogP contribution in [0.15, 0.2) is 0 Å². The van der Waals surface area contributed by atoms with Crippen LogP contribution in [0.25, 0.3) is 0 Å². The van der Waals surface area contributed by atoms with Crippen LogP contribution in [0.4, 0.5) is 4.79 Å². The Bertz CT molecular complexity index is 164. The van der Waals surface area contributed by atoms with Crippen molar-refractivity contribution in [2.45, 2.75) is 37.6 Å². The molecule has 0 bridgehead atoms. The molecule has 1 saturated carbocycles. The molecule has 4 nitrogen and oxygen atoms in total. The number of carbonyl (C=O) groups is 1. The fourth-order valence-corrected chi connectivity index (χ4v) is 1.84. The Labute approximate surface area is 72.1 Å². The van der Waals surface area contributed by atoms with Crippen molar-refractivity contribution in [2.75, 3.05) is 6.54 Å². The molecule has 12 heavy (non-hydrogen) atoms. The van der Waals surface area contributed by atoms with E-state index < -0.39 is 6.09 Å². The first-order chi connectivity index (χ1) is 5.68. The fourth-order valence-electron chi connectivity index (χ4n) is 1.84. The van der Waals surface area contributed by atoms with Gasteiger partial charge >= 0.3 is 6.09 Å². The third-order valence-electron chi connectivity index (χ3n) is 2.57. The van der Waals surface area contributed by atoms with E-state index in [0.717, 1.165) is 25.7 Å². The Morgan fingerprint density at radius 1 is 1.42 bits per heavy atom. The molecule has 0 unspecified atom stereocenters. The van der Waals surface area contributed by atoms with Crippen LogP contribution in [0.3, 0.4) is 0 Å². The molecule has 1 aliphatic carbocycles. The van der Waals surface area contributed by atoms with E-state index in [9.17, 15) is 4.79 Å². The number of rotatable bonds is 2. The normalized spacial score (nSPS) is 21.8. The van der Waals surface area contributed by atoms with Gasteiger partial charge in [-0.2, -0.15) is 0 Å². The molecule has 0 spiro atoms. The van der Waals surface area contributed by atoms with Gasteiger partial charge in [-0.3, -0.25) is 0 Å². The van der Waals surface area contributed by atoms with E-state index in [-0.39, 0.29) is 5.54 Å². The zero-order chi connectivity index (χ0) is 9.03. The maximum atomic E-state index is 10.5. The van der Waals surface area contributed by atoms with Crippen LogP contribution in [0.5, 0.6) is 0 Å². The van der Waals surface area contributed by atoms with Crippen molar-refractivity contribution in [1.29, 1.82) is 0 Å². The number of hydrogen-bond donors (Lipinski definition) is 3. The van der Waals surface area contributed by atoms with Crippen molar-refractivity contribution < 1.29 is 9.90 Å². The highest BCUT2D eigenvalue weighted by atomic mass is 16.4. The molecular formula is C8H16N2O2. The average Bonchev–Trinajstić information content (AvgIpc) is 2.05. The number of nitrogens with one attached hydrogen (secondary N) is 1. The third kappa shape index (κ3) is 2.11. The van der Waals surface area contributed by atoms with Gasteiger partial charge in [-0.15, -0.1) is 0 Å². The Balaban J connectivity index is 2.53. The molecular weight excluding hydrogens is 156 g/mol. The van der Waals surface area contributed by atoms with Gasteiger partial charge in [-0.05, 0) is 12.8 Å². The second-order valence-electron chi connectivity index (χ2n) is 3.48. The van der Waals surface area contributed by atoms with Crippen molar-refractivity contribution in [3.8, 4) is 0 Å². The summed E-state index contributed by atoms with van der Waals surface area (Å²) in [5.74, 6) is 0. The average molecular weight is 172 g/mol. The first-order valence-electron chi connectivity index (χ1n) is 4.40. The van der Waals surface area contributed by atoms with E-state index in [4.69, 9.17) is 10.8 Å². The zero-order valence-corrected chi connectivity index (χ0v) is 7.18. The molecule has 4 N–H and O–H groups in total. The Kier molecular flexibility index (Phi) is 2.92. The minimum atomic E-state index is -0.956. The molecule has 0 aromatic rings. The van der Waals surface area contributed by atoms with Crippen LogP contribution in [0.2, 0.25) is 0 Å². The van der Waals surface area contributed by atoms with Gasteiger partial charge in [-0.1, -0.05) is 19.3 Å². The highest BCUT2D eigenvalue weighted by Gasteiger charge is 2.31. The number of nitrogens with two attached hydrogens (primary N) is 1. The van der Waals surface area contributed by atoms with Crippen LogP contribution in [-0.4, -0.2) is 23.3 Å². The summed E-state index contributed by atoms with van der Waals surface area (Å²) in [5, 5.41) is 11.1. The van der Waals surface area contributed by atoms with Crippen LogP contribution >= 0.6 is 0 Å². The Morgan fingerprint density at radius 3 is 2.42 bits per heavy atom. The van der Waals surface area contributed by atoms with Gasteiger partial charge in [0.15, 0.2) is 0 Å². The summed E-state index contributed by atoms with van der Waals surface area (Å²) < 4.78 is 0. The number of hydrogen-bond acceptors (Lipinski definition) is 2. The quantitative estimate of drug-likeness (QED) is 0.579. The van der Waals surface area contributed by atoms with Crippen LogP contribution in [0.1, 0.15) is 32.1 Å². The van der Waals surface area contributed by atoms with E-state index >= 15 is 0 Å². The van der Waals surface area contributed by atoms with Crippen molar-refractivity contribution >= 4 is 6.09 Å². The van der Waals surface area contributed by atoms with Crippen molar-refractivity contribution in [1.82, 2.24) is 5.32 Å². The molecule has 0 atom stereocenters. The summed E-state index contributed by atoms with van der Waals surface area (Å²) in [6.45, 7) is 0.416. The lowest BCUT2D eigenvalue weighted by atomic mass is 9.82. The number of carboxylic acid groups (broad SMARTS) is 1. The van der Waals surface area contributed by atoms with E-state index in [1.165, 1.54) is 6.42 Å². The van der Waals surface area contributed by atoms with Crippen molar-refractivity contribution in [3.63, 3.8) is 0 Å². The molecule has 1 amide bonds. The van der Waals surface area contributed by atoms with Gasteiger partial charge in [0.1, 0.15) is 0 Å². The van der Waals surface area contributed by atoms with E-state index in [0.29, 0.717) is 6.54 Å². The molecule has 1 aliphatic rings. The molecule has 70 valence electrons. The third-order valence-corrected chi connectivity index (χ3v) is 2.57. The molecule has 0 saturated heterocycles. The van der Waals surface area contributed by atoms with E-state index in [1.54, 1.807) is 0 Å². The molecule has 0 radical (unpaired) electrons. The zero-order valence-electron chi connectivity index (χ0n) is 7.18. The lowest BCUT2D eigenvalue weighted by Crippen LogP contribution is -2.54. The van der Waals surface area contributed by atoms with Gasteiger partial charge in [0.25, 0.3) is 0 Å². The van der Waals surface area contributed by atoms with E-state index in [1.807, 2.05) is 0 Å². The lowest BCUT2D eigenvalue weighted by molar-refractivity contribution is 0.164. The smallest absolute Gasteiger partial charge is 0.405 e. The summed E-state index contributed by atoms with van der Waals surface area (Å²) in [6, 6.07) is 0. The maximum Gasteiger partial charge on any atom is 0.405 e. The molecule has 1 rings (SSSR count). The van der Waals surface area contributed by atoms with Crippen LogP contribution in [-0.2, 0) is 0 Å². The minimum Gasteiger partial charge on any atom is -0.465 e. The SMILES string of the molecule is NCC1(NC(=O)O)CCCCC1. The summed E-state index contributed by atoms with van der Waals surface area (Å²) in [5.41, 5.74) is 5.23. The molecule has 4 heteroatoms. The molecule has 0 aliphatic heterocycles. The summed E-state index contributed by atoms with van der Waals surface area (Å²) in [4.78, 5) is 10.5. The van der Waals surface area contributed by atoms with Gasteiger partial charge in [0.2, 0.25) is 0 Å². The van der Waals surface area contributed by atoms with Crippen LogP contribution < -0.4 is 11.1 Å². The molecule has 1 fully saturated rings. The molecule has 0 aromatic carbocycles. The second-order valence-corrected chi connectivity index (χ2v) is 3.48. The minimum absolute atomic E-state index is 0.329. The van der Waals surface area contributed by atoms with Gasteiger partial charge < -0.3 is 16.2 Å². The summed E-state index contributed by atoms with van der Waals surface area (Å²) in [6.07, 6.45) is 4.17. The highest BCUT2D eigenvalue weighted by Crippen LogP contribution is 2.26. The highest BCUT2D eigenvalue weighted by molar-refractivity contribution is 5.65. The first kappa shape index (κ1) is 9.32. The van der Waals surface area contributed by atoms with Crippen LogP contribution in [0, 0.1) is 0 Å². The maximum absolute atomic E-state index is 10.5.